The summed E-state index contributed by atoms with van der Waals surface area (Å²) in [4.78, 5) is 15.4. The molecule has 0 atom stereocenters. The van der Waals surface area contributed by atoms with E-state index in [4.69, 9.17) is 9.84 Å². The van der Waals surface area contributed by atoms with Gasteiger partial charge in [-0.15, -0.1) is 5.10 Å². The molecule has 0 unspecified atom stereocenters. The summed E-state index contributed by atoms with van der Waals surface area (Å²) in [5.41, 5.74) is 2.02. The SMILES string of the molecule is COCc1c(C(=O)O)nnn1Cc1cccc(C)n1. The highest BCUT2D eigenvalue weighted by Crippen LogP contribution is 2.09. The number of rotatable bonds is 5. The van der Waals surface area contributed by atoms with Crippen molar-refractivity contribution in [2.75, 3.05) is 7.11 Å². The second-order valence-electron chi connectivity index (χ2n) is 4.05. The van der Waals surface area contributed by atoms with Gasteiger partial charge in [-0.2, -0.15) is 0 Å². The van der Waals surface area contributed by atoms with Crippen molar-refractivity contribution in [1.82, 2.24) is 20.0 Å². The Hall–Kier alpha value is -2.28. The minimum atomic E-state index is -1.12. The molecular weight excluding hydrogens is 248 g/mol. The highest BCUT2D eigenvalue weighted by molar-refractivity contribution is 5.86. The van der Waals surface area contributed by atoms with Gasteiger partial charge in [0.1, 0.15) is 0 Å². The Kier molecular flexibility index (Phi) is 3.86. The first-order valence-corrected chi connectivity index (χ1v) is 5.69. The van der Waals surface area contributed by atoms with Crippen LogP contribution in [0.2, 0.25) is 0 Å². The van der Waals surface area contributed by atoms with Crippen LogP contribution in [-0.2, 0) is 17.9 Å². The lowest BCUT2D eigenvalue weighted by Gasteiger charge is -2.06. The van der Waals surface area contributed by atoms with Crippen LogP contribution in [0.15, 0.2) is 18.2 Å². The number of pyridine rings is 1. The van der Waals surface area contributed by atoms with Gasteiger partial charge in [0.05, 0.1) is 24.5 Å². The molecule has 0 bridgehead atoms. The summed E-state index contributed by atoms with van der Waals surface area (Å²) in [5.74, 6) is -1.12. The fourth-order valence-corrected chi connectivity index (χ4v) is 1.75. The van der Waals surface area contributed by atoms with E-state index in [9.17, 15) is 4.79 Å². The van der Waals surface area contributed by atoms with Crippen LogP contribution in [0.4, 0.5) is 0 Å². The number of aromatic nitrogens is 4. The number of methoxy groups -OCH3 is 1. The van der Waals surface area contributed by atoms with Gasteiger partial charge in [0.25, 0.3) is 0 Å². The smallest absolute Gasteiger partial charge is 0.358 e. The molecule has 2 aromatic rings. The minimum Gasteiger partial charge on any atom is -0.476 e. The first-order chi connectivity index (χ1) is 9.11. The predicted octanol–water partition coefficient (Wildman–Crippen LogP) is 0.874. The van der Waals surface area contributed by atoms with Crippen molar-refractivity contribution in [3.8, 4) is 0 Å². The molecule has 7 nitrogen and oxygen atoms in total. The fraction of sp³-hybridized carbons (Fsp3) is 0.333. The quantitative estimate of drug-likeness (QED) is 0.860. The summed E-state index contributed by atoms with van der Waals surface area (Å²) < 4.78 is 6.49. The number of nitrogens with zero attached hydrogens (tertiary/aromatic N) is 4. The Labute approximate surface area is 109 Å². The standard InChI is InChI=1S/C12H14N4O3/c1-8-4-3-5-9(13-8)6-16-10(7-19-2)11(12(17)18)14-15-16/h3-5H,6-7H2,1-2H3,(H,17,18). The zero-order valence-corrected chi connectivity index (χ0v) is 10.7. The molecule has 0 aromatic carbocycles. The summed E-state index contributed by atoms with van der Waals surface area (Å²) in [6, 6.07) is 5.64. The van der Waals surface area contributed by atoms with Crippen LogP contribution in [0.5, 0.6) is 0 Å². The Morgan fingerprint density at radius 2 is 2.26 bits per heavy atom. The molecule has 0 saturated heterocycles. The molecular formula is C12H14N4O3. The van der Waals surface area contributed by atoms with Crippen molar-refractivity contribution < 1.29 is 14.6 Å². The van der Waals surface area contributed by atoms with E-state index in [0.29, 0.717) is 12.2 Å². The van der Waals surface area contributed by atoms with Crippen molar-refractivity contribution in [3.63, 3.8) is 0 Å². The molecule has 1 N–H and O–H groups in total. The van der Waals surface area contributed by atoms with Gasteiger partial charge in [0, 0.05) is 12.8 Å². The van der Waals surface area contributed by atoms with Crippen LogP contribution in [-0.4, -0.2) is 38.2 Å². The fourth-order valence-electron chi connectivity index (χ4n) is 1.75. The van der Waals surface area contributed by atoms with Gasteiger partial charge in [-0.05, 0) is 19.1 Å². The molecule has 0 amide bonds. The van der Waals surface area contributed by atoms with E-state index >= 15 is 0 Å². The molecule has 0 aliphatic rings. The molecule has 0 fully saturated rings. The minimum absolute atomic E-state index is 0.0884. The number of carboxylic acids is 1. The summed E-state index contributed by atoms with van der Waals surface area (Å²) >= 11 is 0. The predicted molar refractivity (Wildman–Crippen MR) is 65.8 cm³/mol. The van der Waals surface area contributed by atoms with Crippen molar-refractivity contribution >= 4 is 5.97 Å². The average molecular weight is 262 g/mol. The highest BCUT2D eigenvalue weighted by Gasteiger charge is 2.19. The summed E-state index contributed by atoms with van der Waals surface area (Å²) in [6.07, 6.45) is 0. The maximum Gasteiger partial charge on any atom is 0.358 e. The van der Waals surface area contributed by atoms with Gasteiger partial charge in [-0.3, -0.25) is 4.98 Å². The molecule has 2 rings (SSSR count). The third-order valence-electron chi connectivity index (χ3n) is 2.58. The molecule has 7 heteroatoms. The molecule has 0 radical (unpaired) electrons. The van der Waals surface area contributed by atoms with Gasteiger partial charge < -0.3 is 9.84 Å². The zero-order chi connectivity index (χ0) is 13.8. The van der Waals surface area contributed by atoms with Crippen LogP contribution >= 0.6 is 0 Å². The molecule has 0 saturated carbocycles. The first kappa shape index (κ1) is 13.2. The number of carbonyl (C=O) groups is 1. The Morgan fingerprint density at radius 3 is 2.89 bits per heavy atom. The van der Waals surface area contributed by atoms with Crippen molar-refractivity contribution in [2.45, 2.75) is 20.1 Å². The second-order valence-corrected chi connectivity index (χ2v) is 4.05. The second kappa shape index (κ2) is 5.57. The van der Waals surface area contributed by atoms with Gasteiger partial charge in [-0.25, -0.2) is 9.48 Å². The zero-order valence-electron chi connectivity index (χ0n) is 10.7. The molecule has 2 aromatic heterocycles. The van der Waals surface area contributed by atoms with E-state index in [1.807, 2.05) is 25.1 Å². The largest absolute Gasteiger partial charge is 0.476 e. The average Bonchev–Trinajstić information content (AvgIpc) is 2.73. The summed E-state index contributed by atoms with van der Waals surface area (Å²) in [6.45, 7) is 2.39. The van der Waals surface area contributed by atoms with Crippen molar-refractivity contribution in [3.05, 3.63) is 41.0 Å². The van der Waals surface area contributed by atoms with Crippen molar-refractivity contribution in [2.24, 2.45) is 0 Å². The van der Waals surface area contributed by atoms with Gasteiger partial charge >= 0.3 is 5.97 Å². The monoisotopic (exact) mass is 262 g/mol. The Morgan fingerprint density at radius 1 is 1.47 bits per heavy atom. The summed E-state index contributed by atoms with van der Waals surface area (Å²) in [7, 11) is 1.49. The summed E-state index contributed by atoms with van der Waals surface area (Å²) in [5, 5.41) is 16.5. The van der Waals surface area contributed by atoms with Crippen LogP contribution in [0.25, 0.3) is 0 Å². The topological polar surface area (TPSA) is 90.1 Å². The normalized spacial score (nSPS) is 10.6. The lowest BCUT2D eigenvalue weighted by atomic mass is 10.3. The molecule has 2 heterocycles. The molecule has 0 spiro atoms. The number of aryl methyl sites for hydroxylation is 1. The third kappa shape index (κ3) is 2.94. The van der Waals surface area contributed by atoms with E-state index in [1.165, 1.54) is 11.8 Å². The number of aromatic carboxylic acids is 1. The highest BCUT2D eigenvalue weighted by atomic mass is 16.5. The number of hydrogen-bond donors (Lipinski definition) is 1. The maximum absolute atomic E-state index is 11.0. The van der Waals surface area contributed by atoms with Crippen LogP contribution in [0, 0.1) is 6.92 Å². The van der Waals surface area contributed by atoms with Gasteiger partial charge in [0.15, 0.2) is 5.69 Å². The van der Waals surface area contributed by atoms with Gasteiger partial charge in [-0.1, -0.05) is 11.3 Å². The van der Waals surface area contributed by atoms with E-state index < -0.39 is 5.97 Å². The first-order valence-electron chi connectivity index (χ1n) is 5.69. The van der Waals surface area contributed by atoms with Crippen LogP contribution in [0.3, 0.4) is 0 Å². The van der Waals surface area contributed by atoms with Crippen LogP contribution < -0.4 is 0 Å². The molecule has 19 heavy (non-hydrogen) atoms. The Balaban J connectivity index is 2.32. The molecule has 100 valence electrons. The molecule has 0 aliphatic heterocycles. The molecule has 0 aliphatic carbocycles. The van der Waals surface area contributed by atoms with Gasteiger partial charge in [0.2, 0.25) is 0 Å². The maximum atomic E-state index is 11.0. The van der Waals surface area contributed by atoms with E-state index in [2.05, 4.69) is 15.3 Å². The van der Waals surface area contributed by atoms with Crippen molar-refractivity contribution in [1.29, 1.82) is 0 Å². The number of carboxylic acid groups (broad SMARTS) is 1. The number of hydrogen-bond acceptors (Lipinski definition) is 5. The third-order valence-corrected chi connectivity index (χ3v) is 2.58. The lowest BCUT2D eigenvalue weighted by Crippen LogP contribution is -2.11. The Bertz CT molecular complexity index is 594. The van der Waals surface area contributed by atoms with Crippen LogP contribution in [0.1, 0.15) is 27.6 Å². The lowest BCUT2D eigenvalue weighted by molar-refractivity contribution is 0.0684. The number of ether oxygens (including phenoxy) is 1. The van der Waals surface area contributed by atoms with E-state index in [1.54, 1.807) is 0 Å². The van der Waals surface area contributed by atoms with E-state index in [0.717, 1.165) is 11.4 Å². The van der Waals surface area contributed by atoms with E-state index in [-0.39, 0.29) is 12.3 Å².